The van der Waals surface area contributed by atoms with Gasteiger partial charge in [0.05, 0.1) is 17.0 Å². The molecule has 5 rings (SSSR count). The average Bonchev–Trinajstić information content (AvgIpc) is 3.23. The molecular formula is C28H33N3O3S2. The fourth-order valence-corrected chi connectivity index (χ4v) is 7.89. The van der Waals surface area contributed by atoms with Crippen LogP contribution in [0.1, 0.15) is 41.0 Å². The number of benzene rings is 2. The molecule has 0 spiro atoms. The van der Waals surface area contributed by atoms with Crippen molar-refractivity contribution in [3.63, 3.8) is 0 Å². The summed E-state index contributed by atoms with van der Waals surface area (Å²) in [5, 5.41) is 2.16. The lowest BCUT2D eigenvalue weighted by atomic mass is 9.89. The molecule has 2 atom stereocenters. The first-order valence-corrected chi connectivity index (χ1v) is 14.9. The molecule has 36 heavy (non-hydrogen) atoms. The van der Waals surface area contributed by atoms with Gasteiger partial charge in [-0.2, -0.15) is 4.31 Å². The van der Waals surface area contributed by atoms with Crippen LogP contribution in [0.5, 0.6) is 0 Å². The molecule has 0 N–H and O–H groups in total. The number of sulfonamides is 1. The molecule has 2 aliphatic rings. The first-order valence-electron chi connectivity index (χ1n) is 12.6. The van der Waals surface area contributed by atoms with Crippen molar-refractivity contribution in [1.29, 1.82) is 0 Å². The summed E-state index contributed by atoms with van der Waals surface area (Å²) in [6.45, 7) is 6.67. The third-order valence-electron chi connectivity index (χ3n) is 7.49. The lowest BCUT2D eigenvalue weighted by Gasteiger charge is -2.41. The molecular weight excluding hydrogens is 490 g/mol. The summed E-state index contributed by atoms with van der Waals surface area (Å²) < 4.78 is 27.8. The Morgan fingerprint density at radius 1 is 0.917 bits per heavy atom. The number of thiophene rings is 1. The SMILES string of the molecule is Cc1ccccc1[C@@H]1c2ccsc2CCN1[C@@H](C)C(=O)N1CCCN(S(=O)(=O)c2ccccc2)CC1. The van der Waals surface area contributed by atoms with Crippen molar-refractivity contribution in [3.05, 3.63) is 87.6 Å². The van der Waals surface area contributed by atoms with Gasteiger partial charge in [-0.15, -0.1) is 11.3 Å². The monoisotopic (exact) mass is 523 g/mol. The number of aryl methyl sites for hydroxylation is 1. The molecule has 8 heteroatoms. The molecule has 0 radical (unpaired) electrons. The fraction of sp³-hybridized carbons (Fsp3) is 0.393. The minimum Gasteiger partial charge on any atom is -0.340 e. The predicted molar refractivity (Wildman–Crippen MR) is 144 cm³/mol. The van der Waals surface area contributed by atoms with Crippen LogP contribution in [0.3, 0.4) is 0 Å². The number of fused-ring (bicyclic) bond motifs is 1. The highest BCUT2D eigenvalue weighted by Gasteiger charge is 2.38. The van der Waals surface area contributed by atoms with Gasteiger partial charge < -0.3 is 4.90 Å². The van der Waals surface area contributed by atoms with Crippen molar-refractivity contribution in [2.75, 3.05) is 32.7 Å². The largest absolute Gasteiger partial charge is 0.340 e. The third-order valence-corrected chi connectivity index (χ3v) is 10.4. The van der Waals surface area contributed by atoms with Crippen LogP contribution in [0.25, 0.3) is 0 Å². The molecule has 1 fully saturated rings. The van der Waals surface area contributed by atoms with Crippen molar-refractivity contribution in [2.45, 2.75) is 43.7 Å². The first kappa shape index (κ1) is 25.1. The maximum Gasteiger partial charge on any atom is 0.243 e. The molecule has 190 valence electrons. The molecule has 6 nitrogen and oxygen atoms in total. The van der Waals surface area contributed by atoms with Gasteiger partial charge in [0.25, 0.3) is 0 Å². The Morgan fingerprint density at radius 3 is 2.44 bits per heavy atom. The van der Waals surface area contributed by atoms with Crippen molar-refractivity contribution in [1.82, 2.24) is 14.1 Å². The number of rotatable bonds is 5. The fourth-order valence-electron chi connectivity index (χ4n) is 5.49. The predicted octanol–water partition coefficient (Wildman–Crippen LogP) is 4.32. The lowest BCUT2D eigenvalue weighted by Crippen LogP contribution is -2.51. The van der Waals surface area contributed by atoms with Crippen LogP contribution in [0.15, 0.2) is 70.9 Å². The minimum atomic E-state index is -3.57. The van der Waals surface area contributed by atoms with E-state index in [1.54, 1.807) is 35.6 Å². The van der Waals surface area contributed by atoms with E-state index in [0.717, 1.165) is 13.0 Å². The van der Waals surface area contributed by atoms with E-state index >= 15 is 0 Å². The molecule has 0 bridgehead atoms. The molecule has 3 aromatic rings. The molecule has 0 saturated carbocycles. The second-order valence-corrected chi connectivity index (χ2v) is 12.6. The molecule has 1 aromatic heterocycles. The first-order chi connectivity index (χ1) is 17.4. The molecule has 2 aromatic carbocycles. The van der Waals surface area contributed by atoms with Crippen LogP contribution in [-0.2, 0) is 21.2 Å². The second-order valence-electron chi connectivity index (χ2n) is 9.62. The Labute approximate surface area is 218 Å². The van der Waals surface area contributed by atoms with Crippen LogP contribution >= 0.6 is 11.3 Å². The maximum atomic E-state index is 13.8. The Morgan fingerprint density at radius 2 is 1.67 bits per heavy atom. The van der Waals surface area contributed by atoms with E-state index in [1.165, 1.54) is 25.9 Å². The number of hydrogen-bond donors (Lipinski definition) is 0. The normalized spacial score (nSPS) is 20.5. The van der Waals surface area contributed by atoms with E-state index in [2.05, 4.69) is 47.5 Å². The Kier molecular flexibility index (Phi) is 7.30. The van der Waals surface area contributed by atoms with Crippen LogP contribution in [0.2, 0.25) is 0 Å². The van der Waals surface area contributed by atoms with Gasteiger partial charge in [-0.3, -0.25) is 9.69 Å². The Bertz CT molecular complexity index is 1320. The van der Waals surface area contributed by atoms with Gasteiger partial charge in [0.2, 0.25) is 15.9 Å². The van der Waals surface area contributed by atoms with E-state index in [9.17, 15) is 13.2 Å². The van der Waals surface area contributed by atoms with E-state index in [4.69, 9.17) is 0 Å². The van der Waals surface area contributed by atoms with Gasteiger partial charge in [-0.25, -0.2) is 8.42 Å². The van der Waals surface area contributed by atoms with E-state index in [1.807, 2.05) is 17.9 Å². The number of nitrogens with zero attached hydrogens (tertiary/aromatic N) is 3. The van der Waals surface area contributed by atoms with Gasteiger partial charge >= 0.3 is 0 Å². The van der Waals surface area contributed by atoms with Gasteiger partial charge in [-0.05, 0) is 67.0 Å². The Balaban J connectivity index is 1.35. The highest BCUT2D eigenvalue weighted by molar-refractivity contribution is 7.89. The van der Waals surface area contributed by atoms with Crippen LogP contribution in [-0.4, -0.2) is 67.2 Å². The standard InChI is InChI=1S/C28H33N3O3S2/c1-21-9-6-7-12-24(21)27-25-14-20-35-26(25)13-17-31(27)22(2)28(32)29-15-8-16-30(19-18-29)36(33,34)23-10-4-3-5-11-23/h3-7,9-12,14,20,22,27H,8,13,15-19H2,1-2H3/t22-,27+/m0/s1. The maximum absolute atomic E-state index is 13.8. The van der Waals surface area contributed by atoms with E-state index < -0.39 is 10.0 Å². The minimum absolute atomic E-state index is 0.0436. The highest BCUT2D eigenvalue weighted by atomic mass is 32.2. The number of amides is 1. The summed E-state index contributed by atoms with van der Waals surface area (Å²) in [6, 6.07) is 18.9. The van der Waals surface area contributed by atoms with Gasteiger partial charge in [-0.1, -0.05) is 42.5 Å². The summed E-state index contributed by atoms with van der Waals surface area (Å²) in [5.74, 6) is 0.0752. The van der Waals surface area contributed by atoms with Gasteiger partial charge in [0, 0.05) is 37.6 Å². The zero-order valence-corrected chi connectivity index (χ0v) is 22.5. The zero-order chi connectivity index (χ0) is 25.3. The number of hydrogen-bond acceptors (Lipinski definition) is 5. The topological polar surface area (TPSA) is 60.9 Å². The Hall–Kier alpha value is -2.52. The quantitative estimate of drug-likeness (QED) is 0.500. The molecule has 0 aliphatic carbocycles. The van der Waals surface area contributed by atoms with Crippen molar-refractivity contribution >= 4 is 27.3 Å². The number of carbonyl (C=O) groups is 1. The third kappa shape index (κ3) is 4.75. The number of carbonyl (C=O) groups excluding carboxylic acids is 1. The van der Waals surface area contributed by atoms with Crippen LogP contribution < -0.4 is 0 Å². The van der Waals surface area contributed by atoms with Gasteiger partial charge in [0.15, 0.2) is 0 Å². The van der Waals surface area contributed by atoms with Crippen molar-refractivity contribution in [2.24, 2.45) is 0 Å². The molecule has 1 saturated heterocycles. The molecule has 1 amide bonds. The van der Waals surface area contributed by atoms with Crippen molar-refractivity contribution in [3.8, 4) is 0 Å². The zero-order valence-electron chi connectivity index (χ0n) is 20.8. The summed E-state index contributed by atoms with van der Waals surface area (Å²) in [5.41, 5.74) is 3.77. The van der Waals surface area contributed by atoms with Crippen LogP contribution in [0.4, 0.5) is 0 Å². The van der Waals surface area contributed by atoms with Crippen molar-refractivity contribution < 1.29 is 13.2 Å². The van der Waals surface area contributed by atoms with Gasteiger partial charge in [0.1, 0.15) is 0 Å². The second kappa shape index (κ2) is 10.5. The lowest BCUT2D eigenvalue weighted by molar-refractivity contribution is -0.137. The highest BCUT2D eigenvalue weighted by Crippen LogP contribution is 2.40. The summed E-state index contributed by atoms with van der Waals surface area (Å²) in [6.07, 6.45) is 1.57. The van der Waals surface area contributed by atoms with E-state index in [0.29, 0.717) is 37.5 Å². The molecule has 3 heterocycles. The smallest absolute Gasteiger partial charge is 0.243 e. The molecule has 0 unspecified atom stereocenters. The van der Waals surface area contributed by atoms with Crippen LogP contribution in [0, 0.1) is 6.92 Å². The van der Waals surface area contributed by atoms with E-state index in [-0.39, 0.29) is 18.0 Å². The summed E-state index contributed by atoms with van der Waals surface area (Å²) >= 11 is 1.80. The average molecular weight is 524 g/mol. The summed E-state index contributed by atoms with van der Waals surface area (Å²) in [7, 11) is -3.57. The molecule has 2 aliphatic heterocycles. The summed E-state index contributed by atoms with van der Waals surface area (Å²) in [4.78, 5) is 19.7.